The molecule has 1 aliphatic rings. The molecule has 0 atom stereocenters. The number of amides is 2. The SMILES string of the molecule is C/C(=N/NC(=O)C(=O)NC1CC1)c1ccc([N+](=O)[O-])cc1. The van der Waals surface area contributed by atoms with Gasteiger partial charge in [-0.15, -0.1) is 0 Å². The zero-order valence-corrected chi connectivity index (χ0v) is 11.3. The molecule has 8 nitrogen and oxygen atoms in total. The number of nitrogens with one attached hydrogen (secondary N) is 2. The van der Waals surface area contributed by atoms with Gasteiger partial charge in [0, 0.05) is 18.2 Å². The van der Waals surface area contributed by atoms with Gasteiger partial charge in [0.2, 0.25) is 0 Å². The van der Waals surface area contributed by atoms with Crippen LogP contribution in [0.2, 0.25) is 0 Å². The lowest BCUT2D eigenvalue weighted by Crippen LogP contribution is -2.39. The maximum atomic E-state index is 11.5. The number of rotatable bonds is 4. The largest absolute Gasteiger partial charge is 0.345 e. The number of hydrazone groups is 1. The summed E-state index contributed by atoms with van der Waals surface area (Å²) >= 11 is 0. The molecule has 0 aromatic heterocycles. The molecule has 1 aliphatic carbocycles. The van der Waals surface area contributed by atoms with Crippen molar-refractivity contribution in [3.63, 3.8) is 0 Å². The monoisotopic (exact) mass is 290 g/mol. The summed E-state index contributed by atoms with van der Waals surface area (Å²) in [6.45, 7) is 1.63. The summed E-state index contributed by atoms with van der Waals surface area (Å²) in [6, 6.07) is 5.83. The van der Waals surface area contributed by atoms with Crippen LogP contribution in [-0.2, 0) is 9.59 Å². The van der Waals surface area contributed by atoms with Gasteiger partial charge in [0.25, 0.3) is 5.69 Å². The fourth-order valence-electron chi connectivity index (χ4n) is 1.55. The molecule has 0 unspecified atom stereocenters. The van der Waals surface area contributed by atoms with Gasteiger partial charge in [-0.05, 0) is 37.5 Å². The van der Waals surface area contributed by atoms with E-state index in [0.717, 1.165) is 12.8 Å². The highest BCUT2D eigenvalue weighted by Gasteiger charge is 2.26. The second-order valence-corrected chi connectivity index (χ2v) is 4.69. The number of carbonyl (C=O) groups excluding carboxylic acids is 2. The number of non-ortho nitro benzene ring substituents is 1. The second kappa shape index (κ2) is 6.12. The average molecular weight is 290 g/mol. The van der Waals surface area contributed by atoms with Crippen LogP contribution in [0.15, 0.2) is 29.4 Å². The lowest BCUT2D eigenvalue weighted by molar-refractivity contribution is -0.384. The predicted octanol–water partition coefficient (Wildman–Crippen LogP) is 0.714. The summed E-state index contributed by atoms with van der Waals surface area (Å²) in [6.07, 6.45) is 1.79. The molecule has 1 fully saturated rings. The lowest BCUT2D eigenvalue weighted by atomic mass is 10.1. The number of carbonyl (C=O) groups is 2. The van der Waals surface area contributed by atoms with Crippen molar-refractivity contribution in [1.29, 1.82) is 0 Å². The van der Waals surface area contributed by atoms with Crippen LogP contribution < -0.4 is 10.7 Å². The molecule has 110 valence electrons. The van der Waals surface area contributed by atoms with Gasteiger partial charge in [0.15, 0.2) is 0 Å². The lowest BCUT2D eigenvalue weighted by Gasteiger charge is -2.03. The van der Waals surface area contributed by atoms with Crippen LogP contribution in [0.25, 0.3) is 0 Å². The molecule has 2 N–H and O–H groups in total. The van der Waals surface area contributed by atoms with E-state index in [4.69, 9.17) is 0 Å². The van der Waals surface area contributed by atoms with Crippen LogP contribution in [0.4, 0.5) is 5.69 Å². The Balaban J connectivity index is 1.94. The normalized spacial score (nSPS) is 14.4. The fourth-order valence-corrected chi connectivity index (χ4v) is 1.55. The molecule has 0 radical (unpaired) electrons. The van der Waals surface area contributed by atoms with E-state index < -0.39 is 16.7 Å². The summed E-state index contributed by atoms with van der Waals surface area (Å²) in [4.78, 5) is 32.9. The Morgan fingerprint density at radius 3 is 2.38 bits per heavy atom. The van der Waals surface area contributed by atoms with E-state index in [2.05, 4.69) is 15.8 Å². The molecule has 0 bridgehead atoms. The topological polar surface area (TPSA) is 114 Å². The highest BCUT2D eigenvalue weighted by Crippen LogP contribution is 2.18. The molecule has 1 saturated carbocycles. The van der Waals surface area contributed by atoms with Crippen molar-refractivity contribution < 1.29 is 14.5 Å². The maximum absolute atomic E-state index is 11.5. The Morgan fingerprint density at radius 2 is 1.86 bits per heavy atom. The molecule has 0 heterocycles. The van der Waals surface area contributed by atoms with E-state index >= 15 is 0 Å². The number of hydrogen-bond donors (Lipinski definition) is 2. The van der Waals surface area contributed by atoms with Gasteiger partial charge in [-0.25, -0.2) is 5.43 Å². The van der Waals surface area contributed by atoms with Gasteiger partial charge in [-0.1, -0.05) is 0 Å². The summed E-state index contributed by atoms with van der Waals surface area (Å²) in [7, 11) is 0. The number of nitrogens with zero attached hydrogens (tertiary/aromatic N) is 2. The van der Waals surface area contributed by atoms with Crippen LogP contribution in [0.5, 0.6) is 0 Å². The Kier molecular flexibility index (Phi) is 4.27. The van der Waals surface area contributed by atoms with Crippen LogP contribution >= 0.6 is 0 Å². The Hall–Kier alpha value is -2.77. The van der Waals surface area contributed by atoms with Crippen LogP contribution in [-0.4, -0.2) is 28.5 Å². The molecule has 0 aliphatic heterocycles. The van der Waals surface area contributed by atoms with E-state index in [1.54, 1.807) is 6.92 Å². The first kappa shape index (κ1) is 14.6. The Morgan fingerprint density at radius 1 is 1.24 bits per heavy atom. The second-order valence-electron chi connectivity index (χ2n) is 4.69. The van der Waals surface area contributed by atoms with Crippen molar-refractivity contribution in [3.05, 3.63) is 39.9 Å². The van der Waals surface area contributed by atoms with E-state index in [-0.39, 0.29) is 11.7 Å². The zero-order valence-electron chi connectivity index (χ0n) is 11.3. The van der Waals surface area contributed by atoms with Crippen molar-refractivity contribution in [2.75, 3.05) is 0 Å². The molecular formula is C13H14N4O4. The van der Waals surface area contributed by atoms with Gasteiger partial charge < -0.3 is 5.32 Å². The molecule has 1 aromatic rings. The average Bonchev–Trinajstić information content (AvgIpc) is 3.28. The summed E-state index contributed by atoms with van der Waals surface area (Å²) in [5.74, 6) is -1.54. The number of benzene rings is 1. The Labute approximate surface area is 120 Å². The summed E-state index contributed by atoms with van der Waals surface area (Å²) in [5.41, 5.74) is 3.18. The van der Waals surface area contributed by atoms with Crippen molar-refractivity contribution in [2.24, 2.45) is 5.10 Å². The first-order chi connectivity index (χ1) is 9.97. The zero-order chi connectivity index (χ0) is 15.4. The molecule has 1 aromatic carbocycles. The minimum absolute atomic E-state index is 0.0283. The van der Waals surface area contributed by atoms with Crippen molar-refractivity contribution >= 4 is 23.2 Å². The summed E-state index contributed by atoms with van der Waals surface area (Å²) in [5, 5.41) is 16.9. The number of nitro benzene ring substituents is 1. The highest BCUT2D eigenvalue weighted by atomic mass is 16.6. The number of nitro groups is 1. The fraction of sp³-hybridized carbons (Fsp3) is 0.308. The van der Waals surface area contributed by atoms with Gasteiger partial charge in [-0.2, -0.15) is 5.10 Å². The molecule has 2 amide bonds. The third-order valence-electron chi connectivity index (χ3n) is 2.94. The quantitative estimate of drug-likeness (QED) is 0.368. The molecule has 21 heavy (non-hydrogen) atoms. The predicted molar refractivity (Wildman–Crippen MR) is 74.6 cm³/mol. The first-order valence-corrected chi connectivity index (χ1v) is 6.37. The third-order valence-corrected chi connectivity index (χ3v) is 2.94. The van der Waals surface area contributed by atoms with Gasteiger partial charge in [0.05, 0.1) is 10.6 Å². The van der Waals surface area contributed by atoms with Gasteiger partial charge in [-0.3, -0.25) is 19.7 Å². The smallest absolute Gasteiger partial charge is 0.329 e. The van der Waals surface area contributed by atoms with E-state index in [1.165, 1.54) is 24.3 Å². The molecule has 0 saturated heterocycles. The van der Waals surface area contributed by atoms with Crippen molar-refractivity contribution in [3.8, 4) is 0 Å². The first-order valence-electron chi connectivity index (χ1n) is 6.37. The van der Waals surface area contributed by atoms with Crippen molar-refractivity contribution in [2.45, 2.75) is 25.8 Å². The van der Waals surface area contributed by atoms with Crippen LogP contribution in [0.3, 0.4) is 0 Å². The van der Waals surface area contributed by atoms with E-state index in [1.807, 2.05) is 0 Å². The van der Waals surface area contributed by atoms with E-state index in [9.17, 15) is 19.7 Å². The number of hydrogen-bond acceptors (Lipinski definition) is 5. The Bertz CT molecular complexity index is 605. The molecule has 8 heteroatoms. The summed E-state index contributed by atoms with van der Waals surface area (Å²) < 4.78 is 0. The maximum Gasteiger partial charge on any atom is 0.329 e. The minimum Gasteiger partial charge on any atom is -0.345 e. The van der Waals surface area contributed by atoms with Crippen LogP contribution in [0, 0.1) is 10.1 Å². The minimum atomic E-state index is -0.830. The molecule has 0 spiro atoms. The van der Waals surface area contributed by atoms with Crippen molar-refractivity contribution in [1.82, 2.24) is 10.7 Å². The highest BCUT2D eigenvalue weighted by molar-refractivity contribution is 6.35. The third kappa shape index (κ3) is 4.10. The van der Waals surface area contributed by atoms with Gasteiger partial charge in [0.1, 0.15) is 0 Å². The van der Waals surface area contributed by atoms with Gasteiger partial charge >= 0.3 is 11.8 Å². The standard InChI is InChI=1S/C13H14N4O4/c1-8(9-2-6-11(7-3-9)17(20)21)15-16-13(19)12(18)14-10-4-5-10/h2-3,6-7,10H,4-5H2,1H3,(H,14,18)(H,16,19)/b15-8-. The van der Waals surface area contributed by atoms with E-state index in [0.29, 0.717) is 11.3 Å². The van der Waals surface area contributed by atoms with Crippen LogP contribution in [0.1, 0.15) is 25.3 Å². The molecule has 2 rings (SSSR count). The molecular weight excluding hydrogens is 276 g/mol.